The van der Waals surface area contributed by atoms with E-state index >= 15 is 0 Å². The van der Waals surface area contributed by atoms with Gasteiger partial charge in [-0.25, -0.2) is 0 Å². The third-order valence-electron chi connectivity index (χ3n) is 4.79. The van der Waals surface area contributed by atoms with Crippen molar-refractivity contribution in [1.29, 1.82) is 0 Å². The van der Waals surface area contributed by atoms with E-state index < -0.39 is 0 Å². The maximum atomic E-state index is 12.4. The van der Waals surface area contributed by atoms with Crippen LogP contribution in [0.4, 0.5) is 5.69 Å². The van der Waals surface area contributed by atoms with E-state index in [1.54, 1.807) is 6.07 Å². The van der Waals surface area contributed by atoms with Crippen LogP contribution in [0.2, 0.25) is 5.02 Å². The van der Waals surface area contributed by atoms with Crippen molar-refractivity contribution in [2.24, 2.45) is 0 Å². The molecule has 0 aliphatic heterocycles. The van der Waals surface area contributed by atoms with Gasteiger partial charge in [0.1, 0.15) is 5.75 Å². The van der Waals surface area contributed by atoms with E-state index in [1.807, 2.05) is 54.8 Å². The van der Waals surface area contributed by atoms with E-state index in [2.05, 4.69) is 22.4 Å². The first kappa shape index (κ1) is 23.2. The normalized spacial score (nSPS) is 10.8. The van der Waals surface area contributed by atoms with Gasteiger partial charge in [-0.15, -0.1) is 10.2 Å². The number of amides is 1. The third kappa shape index (κ3) is 6.02. The molecule has 164 valence electrons. The Labute approximate surface area is 192 Å². The van der Waals surface area contributed by atoms with Gasteiger partial charge in [0.25, 0.3) is 0 Å². The van der Waals surface area contributed by atoms with Gasteiger partial charge in [0, 0.05) is 22.8 Å². The lowest BCUT2D eigenvalue weighted by atomic mass is 10.2. The second-order valence-electron chi connectivity index (χ2n) is 7.03. The van der Waals surface area contributed by atoms with Crippen LogP contribution in [0.15, 0.2) is 47.6 Å². The van der Waals surface area contributed by atoms with Crippen LogP contribution in [0.5, 0.6) is 5.75 Å². The molecule has 0 fully saturated rings. The Morgan fingerprint density at radius 1 is 1.16 bits per heavy atom. The van der Waals surface area contributed by atoms with Crippen LogP contribution in [0.1, 0.15) is 32.3 Å². The molecule has 0 unspecified atom stereocenters. The number of aromatic nitrogens is 3. The number of anilines is 1. The number of carbonyl (C=O) groups is 1. The minimum Gasteiger partial charge on any atom is -0.494 e. The lowest BCUT2D eigenvalue weighted by Crippen LogP contribution is -2.15. The molecule has 0 atom stereocenters. The molecule has 0 aliphatic rings. The van der Waals surface area contributed by atoms with E-state index in [1.165, 1.54) is 11.8 Å². The molecule has 3 rings (SSSR count). The molecule has 8 heteroatoms. The van der Waals surface area contributed by atoms with E-state index in [9.17, 15) is 4.79 Å². The van der Waals surface area contributed by atoms with E-state index in [0.29, 0.717) is 16.7 Å². The van der Waals surface area contributed by atoms with Crippen LogP contribution in [0, 0.1) is 6.92 Å². The molecule has 1 aromatic heterocycles. The van der Waals surface area contributed by atoms with Crippen LogP contribution in [0.3, 0.4) is 0 Å². The number of halogens is 1. The highest BCUT2D eigenvalue weighted by Gasteiger charge is 2.15. The Bertz CT molecular complexity index is 1020. The van der Waals surface area contributed by atoms with Crippen LogP contribution in [0.25, 0.3) is 11.4 Å². The fraction of sp³-hybridized carbons (Fsp3) is 0.348. The summed E-state index contributed by atoms with van der Waals surface area (Å²) in [6.45, 7) is 7.48. The number of rotatable bonds is 10. The molecule has 0 radical (unpaired) electrons. The maximum absolute atomic E-state index is 12.4. The second kappa shape index (κ2) is 11.2. The summed E-state index contributed by atoms with van der Waals surface area (Å²) in [4.78, 5) is 12.4. The van der Waals surface area contributed by atoms with Crippen molar-refractivity contribution in [2.75, 3.05) is 17.7 Å². The average molecular weight is 459 g/mol. The predicted octanol–water partition coefficient (Wildman–Crippen LogP) is 5.84. The van der Waals surface area contributed by atoms with Crippen molar-refractivity contribution in [3.8, 4) is 17.1 Å². The Balaban J connectivity index is 1.64. The first-order valence-corrected chi connectivity index (χ1v) is 11.7. The highest BCUT2D eigenvalue weighted by atomic mass is 35.5. The van der Waals surface area contributed by atoms with Gasteiger partial charge in [-0.05, 0) is 62.2 Å². The number of hydrogen-bond acceptors (Lipinski definition) is 5. The SMILES string of the molecule is CCCCOc1ccc(-c2nnc(SCC(=O)Nc3cccc(Cl)c3C)n2CC)cc1. The lowest BCUT2D eigenvalue weighted by molar-refractivity contribution is -0.113. The summed E-state index contributed by atoms with van der Waals surface area (Å²) in [5.74, 6) is 1.74. The standard InChI is InChI=1S/C23H27ClN4O2S/c1-4-6-14-30-18-12-10-17(11-13-18)22-26-27-23(28(22)5-2)31-15-21(29)25-20-9-7-8-19(24)16(20)3/h7-13H,4-6,14-15H2,1-3H3,(H,25,29). The van der Waals surface area contributed by atoms with Gasteiger partial charge in [0.2, 0.25) is 5.91 Å². The molecule has 1 heterocycles. The summed E-state index contributed by atoms with van der Waals surface area (Å²) in [6, 6.07) is 13.3. The van der Waals surface area contributed by atoms with Gasteiger partial charge < -0.3 is 14.6 Å². The summed E-state index contributed by atoms with van der Waals surface area (Å²) in [5, 5.41) is 12.9. The Morgan fingerprint density at radius 2 is 1.94 bits per heavy atom. The zero-order valence-electron chi connectivity index (χ0n) is 18.0. The lowest BCUT2D eigenvalue weighted by Gasteiger charge is -2.10. The zero-order valence-corrected chi connectivity index (χ0v) is 19.6. The number of unbranched alkanes of at least 4 members (excludes halogenated alkanes) is 1. The number of benzene rings is 2. The Kier molecular flexibility index (Phi) is 8.37. The number of nitrogens with one attached hydrogen (secondary N) is 1. The fourth-order valence-electron chi connectivity index (χ4n) is 2.99. The summed E-state index contributed by atoms with van der Waals surface area (Å²) in [6.07, 6.45) is 2.14. The quantitative estimate of drug-likeness (QED) is 0.305. The summed E-state index contributed by atoms with van der Waals surface area (Å²) in [5.41, 5.74) is 2.53. The summed E-state index contributed by atoms with van der Waals surface area (Å²) >= 11 is 7.49. The first-order chi connectivity index (χ1) is 15.0. The van der Waals surface area contributed by atoms with E-state index in [4.69, 9.17) is 16.3 Å². The number of thioether (sulfide) groups is 1. The third-order valence-corrected chi connectivity index (χ3v) is 6.16. The van der Waals surface area contributed by atoms with Crippen molar-refractivity contribution in [3.05, 3.63) is 53.1 Å². The minimum absolute atomic E-state index is 0.115. The molecule has 2 aromatic carbocycles. The van der Waals surface area contributed by atoms with Crippen LogP contribution in [-0.4, -0.2) is 33.0 Å². The topological polar surface area (TPSA) is 69.0 Å². The molecule has 6 nitrogen and oxygen atoms in total. The molecule has 0 saturated heterocycles. The van der Waals surface area contributed by atoms with Gasteiger partial charge in [-0.3, -0.25) is 4.79 Å². The van der Waals surface area contributed by atoms with Crippen molar-refractivity contribution >= 4 is 35.0 Å². The van der Waals surface area contributed by atoms with E-state index in [0.717, 1.165) is 47.8 Å². The molecule has 0 aliphatic carbocycles. The highest BCUT2D eigenvalue weighted by molar-refractivity contribution is 7.99. The average Bonchev–Trinajstić information content (AvgIpc) is 3.19. The molecular formula is C23H27ClN4O2S. The number of carbonyl (C=O) groups excluding carboxylic acids is 1. The monoisotopic (exact) mass is 458 g/mol. The molecule has 0 saturated carbocycles. The zero-order chi connectivity index (χ0) is 22.2. The van der Waals surface area contributed by atoms with Crippen molar-refractivity contribution in [3.63, 3.8) is 0 Å². The van der Waals surface area contributed by atoms with Crippen molar-refractivity contribution in [2.45, 2.75) is 45.3 Å². The molecule has 1 N–H and O–H groups in total. The molecule has 0 spiro atoms. The predicted molar refractivity (Wildman–Crippen MR) is 127 cm³/mol. The molecule has 3 aromatic rings. The largest absolute Gasteiger partial charge is 0.494 e. The minimum atomic E-state index is -0.115. The molecule has 31 heavy (non-hydrogen) atoms. The number of hydrogen-bond donors (Lipinski definition) is 1. The van der Waals surface area contributed by atoms with Crippen molar-refractivity contribution < 1.29 is 9.53 Å². The van der Waals surface area contributed by atoms with Gasteiger partial charge in [-0.2, -0.15) is 0 Å². The van der Waals surface area contributed by atoms with Gasteiger partial charge in [0.15, 0.2) is 11.0 Å². The highest BCUT2D eigenvalue weighted by Crippen LogP contribution is 2.27. The summed E-state index contributed by atoms with van der Waals surface area (Å²) in [7, 11) is 0. The van der Waals surface area contributed by atoms with E-state index in [-0.39, 0.29) is 11.7 Å². The first-order valence-electron chi connectivity index (χ1n) is 10.4. The van der Waals surface area contributed by atoms with Gasteiger partial charge in [-0.1, -0.05) is 42.8 Å². The van der Waals surface area contributed by atoms with Crippen LogP contribution >= 0.6 is 23.4 Å². The fourth-order valence-corrected chi connectivity index (χ4v) is 3.96. The number of ether oxygens (including phenoxy) is 1. The van der Waals surface area contributed by atoms with Crippen molar-refractivity contribution in [1.82, 2.24) is 14.8 Å². The molecule has 1 amide bonds. The summed E-state index contributed by atoms with van der Waals surface area (Å²) < 4.78 is 7.74. The van der Waals surface area contributed by atoms with Gasteiger partial charge in [0.05, 0.1) is 12.4 Å². The van der Waals surface area contributed by atoms with Crippen LogP contribution in [-0.2, 0) is 11.3 Å². The van der Waals surface area contributed by atoms with Crippen LogP contribution < -0.4 is 10.1 Å². The maximum Gasteiger partial charge on any atom is 0.234 e. The Hall–Kier alpha value is -2.51. The smallest absolute Gasteiger partial charge is 0.234 e. The molecular weight excluding hydrogens is 432 g/mol. The Morgan fingerprint density at radius 3 is 2.65 bits per heavy atom. The second-order valence-corrected chi connectivity index (χ2v) is 8.38. The number of nitrogens with zero attached hydrogens (tertiary/aromatic N) is 3. The van der Waals surface area contributed by atoms with Gasteiger partial charge >= 0.3 is 0 Å². The molecule has 0 bridgehead atoms.